The van der Waals surface area contributed by atoms with E-state index >= 15 is 0 Å². The maximum atomic E-state index is 12.3. The van der Waals surface area contributed by atoms with Crippen molar-refractivity contribution in [3.63, 3.8) is 0 Å². The van der Waals surface area contributed by atoms with Gasteiger partial charge in [0.15, 0.2) is 0 Å². The van der Waals surface area contributed by atoms with Gasteiger partial charge in [0.05, 0.1) is 9.95 Å². The highest BCUT2D eigenvalue weighted by molar-refractivity contribution is 6.34. The number of nitro groups is 1. The van der Waals surface area contributed by atoms with Crippen molar-refractivity contribution < 1.29 is 9.72 Å². The lowest BCUT2D eigenvalue weighted by molar-refractivity contribution is -0.384. The number of carbonyl (C=O) groups excluding carboxylic acids is 1. The summed E-state index contributed by atoms with van der Waals surface area (Å²) < 4.78 is 0. The molecule has 0 bridgehead atoms. The Bertz CT molecular complexity index is 520. The number of nitrogens with zero attached hydrogens (tertiary/aromatic N) is 2. The van der Waals surface area contributed by atoms with Crippen molar-refractivity contribution in [1.29, 1.82) is 0 Å². The van der Waals surface area contributed by atoms with Crippen LogP contribution < -0.4 is 5.32 Å². The maximum absolute atomic E-state index is 12.3. The topological polar surface area (TPSA) is 75.5 Å². The number of hydrogen-bond donors (Lipinski definition) is 1. The largest absolute Gasteiger partial charge is 0.381 e. The molecule has 1 aromatic rings. The first-order chi connectivity index (χ1) is 9.46. The first-order valence-electron chi connectivity index (χ1n) is 6.41. The van der Waals surface area contributed by atoms with E-state index < -0.39 is 4.92 Å². The van der Waals surface area contributed by atoms with E-state index in [0.29, 0.717) is 13.1 Å². The van der Waals surface area contributed by atoms with E-state index in [-0.39, 0.29) is 27.9 Å². The SMILES string of the molecule is CCCN(CC)C(=O)c1cc(Cl)c(NC)c([N+](=O)[O-])c1. The number of anilines is 1. The number of benzene rings is 1. The second kappa shape index (κ2) is 7.09. The molecule has 0 atom stereocenters. The first kappa shape index (κ1) is 16.2. The van der Waals surface area contributed by atoms with Gasteiger partial charge < -0.3 is 10.2 Å². The Balaban J connectivity index is 3.26. The molecule has 0 aliphatic rings. The lowest BCUT2D eigenvalue weighted by atomic mass is 10.1. The third-order valence-corrected chi connectivity index (χ3v) is 3.22. The summed E-state index contributed by atoms with van der Waals surface area (Å²) in [7, 11) is 1.55. The zero-order valence-electron chi connectivity index (χ0n) is 11.8. The van der Waals surface area contributed by atoms with E-state index in [2.05, 4.69) is 5.32 Å². The van der Waals surface area contributed by atoms with Gasteiger partial charge in [-0.2, -0.15) is 0 Å². The van der Waals surface area contributed by atoms with Crippen LogP contribution in [-0.4, -0.2) is 35.9 Å². The van der Waals surface area contributed by atoms with E-state index in [1.165, 1.54) is 12.1 Å². The summed E-state index contributed by atoms with van der Waals surface area (Å²) in [4.78, 5) is 24.5. The number of halogens is 1. The van der Waals surface area contributed by atoms with Crippen molar-refractivity contribution in [3.05, 3.63) is 32.8 Å². The molecule has 0 unspecified atom stereocenters. The average molecular weight is 300 g/mol. The Morgan fingerprint density at radius 2 is 2.10 bits per heavy atom. The first-order valence-corrected chi connectivity index (χ1v) is 6.78. The van der Waals surface area contributed by atoms with Crippen LogP contribution in [0.15, 0.2) is 12.1 Å². The Morgan fingerprint density at radius 1 is 1.45 bits per heavy atom. The summed E-state index contributed by atoms with van der Waals surface area (Å²) in [6, 6.07) is 2.72. The molecule has 0 radical (unpaired) electrons. The molecular formula is C13H18ClN3O3. The molecule has 1 aromatic carbocycles. The standard InChI is InChI=1S/C13H18ClN3O3/c1-4-6-16(5-2)13(18)9-7-10(14)12(15-3)11(8-9)17(19)20/h7-8,15H,4-6H2,1-3H3. The number of rotatable bonds is 6. The monoisotopic (exact) mass is 299 g/mol. The van der Waals surface area contributed by atoms with Gasteiger partial charge in [-0.05, 0) is 19.4 Å². The third kappa shape index (κ3) is 3.39. The molecule has 1 amide bonds. The van der Waals surface area contributed by atoms with E-state index in [9.17, 15) is 14.9 Å². The maximum Gasteiger partial charge on any atom is 0.294 e. The van der Waals surface area contributed by atoms with Crippen LogP contribution in [0.5, 0.6) is 0 Å². The fourth-order valence-corrected chi connectivity index (χ4v) is 2.27. The van der Waals surface area contributed by atoms with Crippen molar-refractivity contribution in [2.75, 3.05) is 25.5 Å². The highest BCUT2D eigenvalue weighted by Gasteiger charge is 2.22. The van der Waals surface area contributed by atoms with Crippen LogP contribution in [0.4, 0.5) is 11.4 Å². The van der Waals surface area contributed by atoms with Gasteiger partial charge in [0.25, 0.3) is 11.6 Å². The van der Waals surface area contributed by atoms with E-state index in [0.717, 1.165) is 6.42 Å². The molecule has 7 heteroatoms. The van der Waals surface area contributed by atoms with Gasteiger partial charge in [-0.25, -0.2) is 0 Å². The average Bonchev–Trinajstić information content (AvgIpc) is 2.42. The molecule has 0 fully saturated rings. The van der Waals surface area contributed by atoms with Crippen LogP contribution in [0, 0.1) is 10.1 Å². The Labute approximate surface area is 122 Å². The molecule has 0 saturated heterocycles. The summed E-state index contributed by atoms with van der Waals surface area (Å²) in [5.41, 5.74) is 0.249. The van der Waals surface area contributed by atoms with Gasteiger partial charge in [-0.3, -0.25) is 14.9 Å². The van der Waals surface area contributed by atoms with Crippen LogP contribution >= 0.6 is 11.6 Å². The summed E-state index contributed by atoms with van der Waals surface area (Å²) in [6.45, 7) is 4.99. The molecule has 0 aliphatic heterocycles. The van der Waals surface area contributed by atoms with E-state index in [4.69, 9.17) is 11.6 Å². The number of carbonyl (C=O) groups is 1. The van der Waals surface area contributed by atoms with Crippen molar-refractivity contribution in [1.82, 2.24) is 4.90 Å². The minimum atomic E-state index is -0.551. The van der Waals surface area contributed by atoms with Crippen molar-refractivity contribution in [2.24, 2.45) is 0 Å². The molecule has 0 spiro atoms. The summed E-state index contributed by atoms with van der Waals surface area (Å²) in [5, 5.41) is 13.9. The molecule has 110 valence electrons. The van der Waals surface area contributed by atoms with Crippen molar-refractivity contribution in [3.8, 4) is 0 Å². The summed E-state index contributed by atoms with van der Waals surface area (Å²) in [6.07, 6.45) is 0.823. The van der Waals surface area contributed by atoms with Crippen molar-refractivity contribution in [2.45, 2.75) is 20.3 Å². The highest BCUT2D eigenvalue weighted by atomic mass is 35.5. The van der Waals surface area contributed by atoms with Crippen LogP contribution in [0.3, 0.4) is 0 Å². The van der Waals surface area contributed by atoms with Gasteiger partial charge in [0.2, 0.25) is 0 Å². The summed E-state index contributed by atoms with van der Waals surface area (Å²) in [5.74, 6) is -0.248. The van der Waals surface area contributed by atoms with Gasteiger partial charge in [0.1, 0.15) is 5.69 Å². The van der Waals surface area contributed by atoms with Gasteiger partial charge >= 0.3 is 0 Å². The summed E-state index contributed by atoms with van der Waals surface area (Å²) >= 11 is 6.01. The molecular weight excluding hydrogens is 282 g/mol. The predicted molar refractivity (Wildman–Crippen MR) is 79.5 cm³/mol. The molecule has 1 N–H and O–H groups in total. The molecule has 20 heavy (non-hydrogen) atoms. The highest BCUT2D eigenvalue weighted by Crippen LogP contribution is 2.33. The number of hydrogen-bond acceptors (Lipinski definition) is 4. The number of amides is 1. The Kier molecular flexibility index (Phi) is 5.76. The minimum absolute atomic E-state index is 0.164. The minimum Gasteiger partial charge on any atom is -0.381 e. The van der Waals surface area contributed by atoms with Gasteiger partial charge in [0, 0.05) is 31.8 Å². The Morgan fingerprint density at radius 3 is 2.55 bits per heavy atom. The molecule has 0 heterocycles. The third-order valence-electron chi connectivity index (χ3n) is 2.93. The van der Waals surface area contributed by atoms with Crippen LogP contribution in [-0.2, 0) is 0 Å². The van der Waals surface area contributed by atoms with Gasteiger partial charge in [-0.1, -0.05) is 18.5 Å². The Hall–Kier alpha value is -1.82. The zero-order valence-corrected chi connectivity index (χ0v) is 12.5. The molecule has 6 nitrogen and oxygen atoms in total. The van der Waals surface area contributed by atoms with E-state index in [1.54, 1.807) is 11.9 Å². The number of nitro benzene ring substituents is 1. The van der Waals surface area contributed by atoms with Gasteiger partial charge in [-0.15, -0.1) is 0 Å². The molecule has 0 aromatic heterocycles. The smallest absolute Gasteiger partial charge is 0.294 e. The van der Waals surface area contributed by atoms with Crippen molar-refractivity contribution >= 4 is 28.9 Å². The van der Waals surface area contributed by atoms with Crippen LogP contribution in [0.2, 0.25) is 5.02 Å². The number of nitrogens with one attached hydrogen (secondary N) is 1. The molecule has 0 saturated carbocycles. The van der Waals surface area contributed by atoms with Crippen LogP contribution in [0.25, 0.3) is 0 Å². The van der Waals surface area contributed by atoms with E-state index in [1.807, 2.05) is 13.8 Å². The second-order valence-corrected chi connectivity index (χ2v) is 4.65. The zero-order chi connectivity index (χ0) is 15.3. The lowest BCUT2D eigenvalue weighted by Crippen LogP contribution is -2.31. The molecule has 1 rings (SSSR count). The second-order valence-electron chi connectivity index (χ2n) is 4.24. The van der Waals surface area contributed by atoms with Crippen LogP contribution in [0.1, 0.15) is 30.6 Å². The lowest BCUT2D eigenvalue weighted by Gasteiger charge is -2.20. The molecule has 0 aliphatic carbocycles. The predicted octanol–water partition coefficient (Wildman–Crippen LogP) is 3.16. The fraction of sp³-hybridized carbons (Fsp3) is 0.462. The normalized spacial score (nSPS) is 10.2. The fourth-order valence-electron chi connectivity index (χ4n) is 1.96. The quantitative estimate of drug-likeness (QED) is 0.646.